The van der Waals surface area contributed by atoms with E-state index in [1.807, 2.05) is 36.5 Å². The van der Waals surface area contributed by atoms with E-state index in [2.05, 4.69) is 25.6 Å². The van der Waals surface area contributed by atoms with E-state index < -0.39 is 0 Å². The predicted molar refractivity (Wildman–Crippen MR) is 77.7 cm³/mol. The fraction of sp³-hybridized carbons (Fsp3) is 0.0714. The van der Waals surface area contributed by atoms with Gasteiger partial charge in [0.2, 0.25) is 0 Å². The minimum Gasteiger partial charge on any atom is -0.359 e. The third kappa shape index (κ3) is 2.37. The van der Waals surface area contributed by atoms with E-state index in [4.69, 9.17) is 5.26 Å². The third-order valence-electron chi connectivity index (χ3n) is 2.87. The second kappa shape index (κ2) is 5.28. The highest BCUT2D eigenvalue weighted by Gasteiger charge is 2.04. The summed E-state index contributed by atoms with van der Waals surface area (Å²) in [6.07, 6.45) is 3.35. The second-order valence-electron chi connectivity index (χ2n) is 4.17. The Bertz CT molecular complexity index is 770. The highest BCUT2D eigenvalue weighted by atomic mass is 15.1. The normalized spacial score (nSPS) is 10.2. The fourth-order valence-corrected chi connectivity index (χ4v) is 1.97. The number of H-pyrrole nitrogens is 1. The molecule has 0 aliphatic heterocycles. The van der Waals surface area contributed by atoms with Gasteiger partial charge in [-0.15, -0.1) is 0 Å². The number of nitrogens with zero attached hydrogens (tertiary/aromatic N) is 3. The summed E-state index contributed by atoms with van der Waals surface area (Å²) in [4.78, 5) is 11.4. The number of rotatable bonds is 4. The van der Waals surface area contributed by atoms with E-state index in [0.29, 0.717) is 11.6 Å². The SMILES string of the molecule is N#CCNc1cc(Nc2c[nH]c3ccccc23)ncn1. The van der Waals surface area contributed by atoms with Crippen LogP contribution in [0.15, 0.2) is 42.9 Å². The van der Waals surface area contributed by atoms with E-state index in [9.17, 15) is 0 Å². The van der Waals surface area contributed by atoms with E-state index in [1.165, 1.54) is 6.33 Å². The van der Waals surface area contributed by atoms with Crippen LogP contribution >= 0.6 is 0 Å². The average molecular weight is 264 g/mol. The highest BCUT2D eigenvalue weighted by molar-refractivity contribution is 5.93. The van der Waals surface area contributed by atoms with Crippen LogP contribution in [-0.2, 0) is 0 Å². The minimum absolute atomic E-state index is 0.212. The monoisotopic (exact) mass is 264 g/mol. The van der Waals surface area contributed by atoms with Gasteiger partial charge in [0.15, 0.2) is 0 Å². The van der Waals surface area contributed by atoms with Crippen molar-refractivity contribution in [1.82, 2.24) is 15.0 Å². The molecule has 0 fully saturated rings. The van der Waals surface area contributed by atoms with E-state index in [1.54, 1.807) is 6.07 Å². The van der Waals surface area contributed by atoms with Crippen LogP contribution in [0.2, 0.25) is 0 Å². The number of aromatic amines is 1. The first-order chi connectivity index (χ1) is 9.86. The Morgan fingerprint density at radius 2 is 2.05 bits per heavy atom. The van der Waals surface area contributed by atoms with Gasteiger partial charge in [0.1, 0.15) is 24.5 Å². The van der Waals surface area contributed by atoms with E-state index in [0.717, 1.165) is 16.6 Å². The van der Waals surface area contributed by atoms with Crippen molar-refractivity contribution in [3.8, 4) is 6.07 Å². The van der Waals surface area contributed by atoms with Gasteiger partial charge in [0.25, 0.3) is 0 Å². The molecule has 0 atom stereocenters. The molecule has 0 saturated carbocycles. The van der Waals surface area contributed by atoms with Crippen molar-refractivity contribution < 1.29 is 0 Å². The van der Waals surface area contributed by atoms with E-state index in [-0.39, 0.29) is 6.54 Å². The van der Waals surface area contributed by atoms with Crippen LogP contribution in [0.4, 0.5) is 17.3 Å². The highest BCUT2D eigenvalue weighted by Crippen LogP contribution is 2.25. The van der Waals surface area contributed by atoms with Gasteiger partial charge in [-0.3, -0.25) is 0 Å². The van der Waals surface area contributed by atoms with Crippen LogP contribution in [0.1, 0.15) is 0 Å². The zero-order chi connectivity index (χ0) is 13.8. The number of nitrogens with one attached hydrogen (secondary N) is 3. The summed E-state index contributed by atoms with van der Waals surface area (Å²) in [5, 5.41) is 15.8. The molecule has 0 unspecified atom stereocenters. The van der Waals surface area contributed by atoms with Gasteiger partial charge >= 0.3 is 0 Å². The molecule has 0 spiro atoms. The molecule has 98 valence electrons. The van der Waals surface area contributed by atoms with Crippen molar-refractivity contribution in [2.75, 3.05) is 17.2 Å². The molecular formula is C14H12N6. The van der Waals surface area contributed by atoms with Crippen LogP contribution in [0.3, 0.4) is 0 Å². The van der Waals surface area contributed by atoms with Crippen molar-refractivity contribution in [2.24, 2.45) is 0 Å². The van der Waals surface area contributed by atoms with Crippen molar-refractivity contribution in [3.63, 3.8) is 0 Å². The standard InChI is InChI=1S/C14H12N6/c15-5-6-16-13-7-14(19-9-18-13)20-12-8-17-11-4-2-1-3-10(11)12/h1-4,7-9,17H,6H2,(H2,16,18,19,20). The number of aromatic nitrogens is 3. The lowest BCUT2D eigenvalue weighted by Crippen LogP contribution is -2.02. The maximum Gasteiger partial charge on any atom is 0.135 e. The molecule has 6 heteroatoms. The maximum atomic E-state index is 8.55. The lowest BCUT2D eigenvalue weighted by molar-refractivity contribution is 1.14. The Labute approximate surface area is 115 Å². The zero-order valence-electron chi connectivity index (χ0n) is 10.6. The Balaban J connectivity index is 1.86. The molecule has 0 radical (unpaired) electrons. The van der Waals surface area contributed by atoms with Gasteiger partial charge in [0, 0.05) is 23.2 Å². The summed E-state index contributed by atoms with van der Waals surface area (Å²) in [7, 11) is 0. The van der Waals surface area contributed by atoms with Crippen LogP contribution in [0.25, 0.3) is 10.9 Å². The maximum absolute atomic E-state index is 8.55. The van der Waals surface area contributed by atoms with Crippen LogP contribution in [0, 0.1) is 11.3 Å². The summed E-state index contributed by atoms with van der Waals surface area (Å²) in [6.45, 7) is 0.212. The topological polar surface area (TPSA) is 89.4 Å². The number of benzene rings is 1. The van der Waals surface area contributed by atoms with Crippen LogP contribution < -0.4 is 10.6 Å². The van der Waals surface area contributed by atoms with Gasteiger partial charge in [-0.1, -0.05) is 18.2 Å². The first kappa shape index (κ1) is 12.0. The van der Waals surface area contributed by atoms with E-state index >= 15 is 0 Å². The molecule has 0 saturated heterocycles. The molecule has 3 rings (SSSR count). The van der Waals surface area contributed by atoms with Crippen molar-refractivity contribution in [2.45, 2.75) is 0 Å². The van der Waals surface area contributed by atoms with Gasteiger partial charge in [-0.2, -0.15) is 5.26 Å². The molecule has 0 amide bonds. The first-order valence-corrected chi connectivity index (χ1v) is 6.13. The summed E-state index contributed by atoms with van der Waals surface area (Å²) < 4.78 is 0. The summed E-state index contributed by atoms with van der Waals surface area (Å²) in [6, 6.07) is 11.8. The van der Waals surface area contributed by atoms with Gasteiger partial charge in [-0.05, 0) is 6.07 Å². The second-order valence-corrected chi connectivity index (χ2v) is 4.17. The molecule has 6 nitrogen and oxygen atoms in total. The molecule has 3 aromatic rings. The van der Waals surface area contributed by atoms with Crippen LogP contribution in [0.5, 0.6) is 0 Å². The van der Waals surface area contributed by atoms with Crippen molar-refractivity contribution >= 4 is 28.2 Å². The minimum atomic E-state index is 0.212. The third-order valence-corrected chi connectivity index (χ3v) is 2.87. The number of hydrogen-bond acceptors (Lipinski definition) is 5. The first-order valence-electron chi connectivity index (χ1n) is 6.13. The van der Waals surface area contributed by atoms with Gasteiger partial charge < -0.3 is 15.6 Å². The number of para-hydroxylation sites is 1. The number of anilines is 3. The molecule has 2 aromatic heterocycles. The molecule has 0 aliphatic carbocycles. The summed E-state index contributed by atoms with van der Waals surface area (Å²) in [5.74, 6) is 1.29. The number of fused-ring (bicyclic) bond motifs is 1. The van der Waals surface area contributed by atoms with Crippen molar-refractivity contribution in [3.05, 3.63) is 42.9 Å². The molecule has 0 bridgehead atoms. The number of hydrogen-bond donors (Lipinski definition) is 3. The fourth-order valence-electron chi connectivity index (χ4n) is 1.97. The lowest BCUT2D eigenvalue weighted by Gasteiger charge is -2.06. The Kier molecular flexibility index (Phi) is 3.17. The molecule has 1 aromatic carbocycles. The smallest absolute Gasteiger partial charge is 0.135 e. The summed E-state index contributed by atoms with van der Waals surface area (Å²) >= 11 is 0. The van der Waals surface area contributed by atoms with Crippen molar-refractivity contribution in [1.29, 1.82) is 5.26 Å². The van der Waals surface area contributed by atoms with Gasteiger partial charge in [-0.25, -0.2) is 9.97 Å². The molecule has 0 aliphatic rings. The lowest BCUT2D eigenvalue weighted by atomic mass is 10.2. The Morgan fingerprint density at radius 3 is 2.95 bits per heavy atom. The Morgan fingerprint density at radius 1 is 1.20 bits per heavy atom. The molecule has 20 heavy (non-hydrogen) atoms. The Hall–Kier alpha value is -3.07. The van der Waals surface area contributed by atoms with Crippen LogP contribution in [-0.4, -0.2) is 21.5 Å². The zero-order valence-corrected chi connectivity index (χ0v) is 10.6. The largest absolute Gasteiger partial charge is 0.359 e. The predicted octanol–water partition coefficient (Wildman–Crippen LogP) is 2.64. The number of nitriles is 1. The van der Waals surface area contributed by atoms with Gasteiger partial charge in [0.05, 0.1) is 11.8 Å². The molecule has 2 heterocycles. The quantitative estimate of drug-likeness (QED) is 0.630. The summed E-state index contributed by atoms with van der Waals surface area (Å²) in [5.41, 5.74) is 2.01. The average Bonchev–Trinajstić information content (AvgIpc) is 2.89. The molecular weight excluding hydrogens is 252 g/mol. The molecule has 3 N–H and O–H groups in total.